The fourth-order valence-corrected chi connectivity index (χ4v) is 1.27. The number of amides is 1. The van der Waals surface area contributed by atoms with Gasteiger partial charge in [-0.05, 0) is 33.3 Å². The van der Waals surface area contributed by atoms with Crippen LogP contribution in [0.25, 0.3) is 0 Å². The summed E-state index contributed by atoms with van der Waals surface area (Å²) in [6.45, 7) is 7.31. The van der Waals surface area contributed by atoms with Crippen LogP contribution in [0.4, 0.5) is 0 Å². The lowest BCUT2D eigenvalue weighted by molar-refractivity contribution is 0.0518. The summed E-state index contributed by atoms with van der Waals surface area (Å²) in [5.41, 5.74) is 0.913. The van der Waals surface area contributed by atoms with E-state index in [1.807, 2.05) is 6.92 Å². The molecular weight excluding hydrogens is 218 g/mol. The molecule has 1 amide bonds. The van der Waals surface area contributed by atoms with Crippen LogP contribution < -0.4 is 5.32 Å². The number of nitrogens with one attached hydrogen (secondary N) is 1. The minimum atomic E-state index is -0.876. The molecule has 0 fully saturated rings. The van der Waals surface area contributed by atoms with E-state index in [-0.39, 0.29) is 12.5 Å². The van der Waals surface area contributed by atoms with Gasteiger partial charge in [0, 0.05) is 6.54 Å². The van der Waals surface area contributed by atoms with Crippen molar-refractivity contribution in [1.29, 1.82) is 0 Å². The van der Waals surface area contributed by atoms with Crippen molar-refractivity contribution >= 4 is 5.91 Å². The van der Waals surface area contributed by atoms with Crippen LogP contribution in [0.5, 0.6) is 0 Å². The van der Waals surface area contributed by atoms with Crippen molar-refractivity contribution in [3.8, 4) is 0 Å². The minimum absolute atomic E-state index is 0.225. The predicted octanol–water partition coefficient (Wildman–Crippen LogP) is 0.984. The fourth-order valence-electron chi connectivity index (χ4n) is 1.27. The van der Waals surface area contributed by atoms with Crippen molar-refractivity contribution in [2.24, 2.45) is 0 Å². The predicted molar refractivity (Wildman–Crippen MR) is 64.8 cm³/mol. The largest absolute Gasteiger partial charge is 0.388 e. The smallest absolute Gasteiger partial charge is 0.253 e. The van der Waals surface area contributed by atoms with Gasteiger partial charge < -0.3 is 10.4 Å². The SMILES string of the molecule is CCC(C)(O)CNC(=O)c1cc(C)nnc1C. The summed E-state index contributed by atoms with van der Waals surface area (Å²) in [6.07, 6.45) is 0.583. The zero-order valence-electron chi connectivity index (χ0n) is 10.7. The van der Waals surface area contributed by atoms with Gasteiger partial charge in [0.05, 0.1) is 22.6 Å². The molecule has 1 heterocycles. The maximum absolute atomic E-state index is 11.9. The maximum atomic E-state index is 11.9. The average Bonchev–Trinajstić information content (AvgIpc) is 2.29. The minimum Gasteiger partial charge on any atom is -0.388 e. The Morgan fingerprint density at radius 1 is 1.47 bits per heavy atom. The quantitative estimate of drug-likeness (QED) is 0.818. The molecule has 0 spiro atoms. The molecule has 5 heteroatoms. The monoisotopic (exact) mass is 237 g/mol. The van der Waals surface area contributed by atoms with E-state index in [4.69, 9.17) is 0 Å². The van der Waals surface area contributed by atoms with E-state index in [0.717, 1.165) is 0 Å². The van der Waals surface area contributed by atoms with E-state index in [0.29, 0.717) is 23.4 Å². The number of hydrogen-bond acceptors (Lipinski definition) is 4. The lowest BCUT2D eigenvalue weighted by Crippen LogP contribution is -2.40. The molecule has 0 aliphatic heterocycles. The second kappa shape index (κ2) is 5.23. The third-order valence-corrected chi connectivity index (χ3v) is 2.74. The molecule has 1 unspecified atom stereocenters. The molecule has 1 aromatic heterocycles. The summed E-state index contributed by atoms with van der Waals surface area (Å²) in [6, 6.07) is 1.69. The van der Waals surface area contributed by atoms with Gasteiger partial charge in [0.2, 0.25) is 0 Å². The highest BCUT2D eigenvalue weighted by atomic mass is 16.3. The number of aryl methyl sites for hydroxylation is 2. The Bertz CT molecular complexity index is 416. The second-order valence-corrected chi connectivity index (χ2v) is 4.52. The highest BCUT2D eigenvalue weighted by Crippen LogP contribution is 2.08. The van der Waals surface area contributed by atoms with Crippen LogP contribution in [0.1, 0.15) is 42.0 Å². The summed E-state index contributed by atoms with van der Waals surface area (Å²) in [7, 11) is 0. The molecule has 2 N–H and O–H groups in total. The van der Waals surface area contributed by atoms with Crippen LogP contribution in [-0.2, 0) is 0 Å². The molecule has 1 rings (SSSR count). The fraction of sp³-hybridized carbons (Fsp3) is 0.583. The van der Waals surface area contributed by atoms with Crippen molar-refractivity contribution < 1.29 is 9.90 Å². The lowest BCUT2D eigenvalue weighted by Gasteiger charge is -2.21. The Kier molecular flexibility index (Phi) is 4.17. The van der Waals surface area contributed by atoms with Gasteiger partial charge in [0.15, 0.2) is 0 Å². The van der Waals surface area contributed by atoms with Crippen molar-refractivity contribution in [3.05, 3.63) is 23.0 Å². The van der Waals surface area contributed by atoms with Crippen molar-refractivity contribution in [2.75, 3.05) is 6.54 Å². The summed E-state index contributed by atoms with van der Waals surface area (Å²) in [5, 5.41) is 20.3. The highest BCUT2D eigenvalue weighted by molar-refractivity contribution is 5.95. The third-order valence-electron chi connectivity index (χ3n) is 2.74. The lowest BCUT2D eigenvalue weighted by atomic mass is 10.0. The summed E-state index contributed by atoms with van der Waals surface area (Å²) >= 11 is 0. The van der Waals surface area contributed by atoms with Crippen molar-refractivity contribution in [2.45, 2.75) is 39.7 Å². The number of aromatic nitrogens is 2. The van der Waals surface area contributed by atoms with Crippen LogP contribution in [-0.4, -0.2) is 33.4 Å². The first-order chi connectivity index (χ1) is 7.85. The van der Waals surface area contributed by atoms with E-state index in [1.54, 1.807) is 26.8 Å². The Hall–Kier alpha value is -1.49. The van der Waals surface area contributed by atoms with Gasteiger partial charge in [-0.1, -0.05) is 6.92 Å². The molecule has 17 heavy (non-hydrogen) atoms. The van der Waals surface area contributed by atoms with Gasteiger partial charge in [-0.2, -0.15) is 10.2 Å². The van der Waals surface area contributed by atoms with E-state index < -0.39 is 5.60 Å². The van der Waals surface area contributed by atoms with Gasteiger partial charge >= 0.3 is 0 Å². The first-order valence-corrected chi connectivity index (χ1v) is 5.67. The molecule has 1 aromatic rings. The number of carbonyl (C=O) groups excluding carboxylic acids is 1. The molecule has 5 nitrogen and oxygen atoms in total. The van der Waals surface area contributed by atoms with Gasteiger partial charge in [-0.25, -0.2) is 0 Å². The van der Waals surface area contributed by atoms with Crippen LogP contribution in [0.2, 0.25) is 0 Å². The van der Waals surface area contributed by atoms with E-state index in [2.05, 4.69) is 15.5 Å². The third kappa shape index (κ3) is 3.78. The van der Waals surface area contributed by atoms with Gasteiger partial charge in [-0.15, -0.1) is 0 Å². The van der Waals surface area contributed by atoms with Crippen LogP contribution >= 0.6 is 0 Å². The Morgan fingerprint density at radius 3 is 2.71 bits per heavy atom. The standard InChI is InChI=1S/C12H19N3O2/c1-5-12(4,17)7-13-11(16)10-6-8(2)14-15-9(10)3/h6,17H,5,7H2,1-4H3,(H,13,16). The highest BCUT2D eigenvalue weighted by Gasteiger charge is 2.19. The summed E-state index contributed by atoms with van der Waals surface area (Å²) < 4.78 is 0. The number of carbonyl (C=O) groups is 1. The molecule has 0 aromatic carbocycles. The van der Waals surface area contributed by atoms with Crippen molar-refractivity contribution in [1.82, 2.24) is 15.5 Å². The molecule has 1 atom stereocenters. The average molecular weight is 237 g/mol. The zero-order valence-corrected chi connectivity index (χ0v) is 10.7. The Balaban J connectivity index is 2.74. The molecule has 0 saturated heterocycles. The van der Waals surface area contributed by atoms with Gasteiger partial charge in [-0.3, -0.25) is 4.79 Å². The van der Waals surface area contributed by atoms with Crippen LogP contribution in [0.15, 0.2) is 6.07 Å². The first-order valence-electron chi connectivity index (χ1n) is 5.67. The van der Waals surface area contributed by atoms with Crippen LogP contribution in [0, 0.1) is 13.8 Å². The maximum Gasteiger partial charge on any atom is 0.253 e. The summed E-state index contributed by atoms with van der Waals surface area (Å²) in [5.74, 6) is -0.228. The molecule has 0 aliphatic rings. The topological polar surface area (TPSA) is 75.1 Å². The number of nitrogens with zero attached hydrogens (tertiary/aromatic N) is 2. The number of hydrogen-bond donors (Lipinski definition) is 2. The van der Waals surface area contributed by atoms with E-state index >= 15 is 0 Å². The van der Waals surface area contributed by atoms with E-state index in [9.17, 15) is 9.90 Å². The Labute approximate surface area is 101 Å². The van der Waals surface area contributed by atoms with Gasteiger partial charge in [0.25, 0.3) is 5.91 Å². The number of aliphatic hydroxyl groups is 1. The summed E-state index contributed by atoms with van der Waals surface area (Å²) in [4.78, 5) is 11.9. The first kappa shape index (κ1) is 13.6. The Morgan fingerprint density at radius 2 is 2.12 bits per heavy atom. The van der Waals surface area contributed by atoms with Crippen LogP contribution in [0.3, 0.4) is 0 Å². The molecule has 0 radical (unpaired) electrons. The molecule has 0 saturated carbocycles. The zero-order chi connectivity index (χ0) is 13.1. The number of rotatable bonds is 4. The second-order valence-electron chi connectivity index (χ2n) is 4.52. The van der Waals surface area contributed by atoms with Crippen molar-refractivity contribution in [3.63, 3.8) is 0 Å². The molecule has 0 aliphatic carbocycles. The van der Waals surface area contributed by atoms with Gasteiger partial charge in [0.1, 0.15) is 0 Å². The van der Waals surface area contributed by atoms with E-state index in [1.165, 1.54) is 0 Å². The molecule has 0 bridgehead atoms. The normalized spacial score (nSPS) is 14.2. The molecule has 94 valence electrons. The molecular formula is C12H19N3O2.